The van der Waals surface area contributed by atoms with Gasteiger partial charge in [-0.25, -0.2) is 0 Å². The van der Waals surface area contributed by atoms with Crippen molar-refractivity contribution < 1.29 is 5.11 Å². The first-order chi connectivity index (χ1) is 8.16. The minimum absolute atomic E-state index is 0.169. The smallest absolute Gasteiger partial charge is 0.173 e. The van der Waals surface area contributed by atoms with E-state index < -0.39 is 0 Å². The normalized spacial score (nSPS) is 16.9. The van der Waals surface area contributed by atoms with Crippen LogP contribution in [0.5, 0.6) is 0 Å². The van der Waals surface area contributed by atoms with Crippen molar-refractivity contribution in [1.29, 1.82) is 0 Å². The second kappa shape index (κ2) is 5.80. The molecule has 0 aliphatic carbocycles. The Kier molecular flexibility index (Phi) is 4.36. The van der Waals surface area contributed by atoms with E-state index in [9.17, 15) is 5.11 Å². The molecule has 17 heavy (non-hydrogen) atoms. The van der Waals surface area contributed by atoms with Crippen LogP contribution in [-0.2, 0) is 0 Å². The minimum Gasteiger partial charge on any atom is -0.393 e. The molecule has 0 amide bonds. The lowest BCUT2D eigenvalue weighted by Gasteiger charge is -2.31. The van der Waals surface area contributed by atoms with Gasteiger partial charge in [0.2, 0.25) is 0 Å². The fourth-order valence-corrected chi connectivity index (χ4v) is 2.50. The monoisotopic (exact) mass is 314 g/mol. The van der Waals surface area contributed by atoms with E-state index in [4.69, 9.17) is 12.2 Å². The van der Waals surface area contributed by atoms with Gasteiger partial charge in [-0.2, -0.15) is 0 Å². The van der Waals surface area contributed by atoms with Crippen LogP contribution in [0.1, 0.15) is 12.8 Å². The summed E-state index contributed by atoms with van der Waals surface area (Å²) in [5.74, 6) is 0. The molecule has 92 valence electrons. The Morgan fingerprint density at radius 2 is 2.00 bits per heavy atom. The predicted octanol–water partition coefficient (Wildman–Crippen LogP) is 2.60. The summed E-state index contributed by atoms with van der Waals surface area (Å²) in [6, 6.07) is 7.89. The lowest BCUT2D eigenvalue weighted by atomic mass is 10.1. The van der Waals surface area contributed by atoms with Gasteiger partial charge in [-0.1, -0.05) is 12.1 Å². The van der Waals surface area contributed by atoms with Crippen LogP contribution in [0.4, 0.5) is 5.69 Å². The number of piperidine rings is 1. The summed E-state index contributed by atoms with van der Waals surface area (Å²) in [6.07, 6.45) is 1.41. The molecule has 1 aliphatic heterocycles. The first kappa shape index (κ1) is 12.8. The fourth-order valence-electron chi connectivity index (χ4n) is 1.83. The quantitative estimate of drug-likeness (QED) is 0.781. The number of nitrogens with one attached hydrogen (secondary N) is 1. The van der Waals surface area contributed by atoms with Crippen molar-refractivity contribution in [3.8, 4) is 0 Å². The molecule has 0 spiro atoms. The average Bonchev–Trinajstić information content (AvgIpc) is 2.33. The van der Waals surface area contributed by atoms with Crippen molar-refractivity contribution in [3.05, 3.63) is 28.7 Å². The van der Waals surface area contributed by atoms with Crippen molar-refractivity contribution in [3.63, 3.8) is 0 Å². The maximum absolute atomic E-state index is 9.44. The molecule has 1 saturated heterocycles. The summed E-state index contributed by atoms with van der Waals surface area (Å²) in [5, 5.41) is 13.4. The van der Waals surface area contributed by atoms with Crippen LogP contribution >= 0.6 is 28.1 Å². The number of para-hydroxylation sites is 1. The first-order valence-corrected chi connectivity index (χ1v) is 6.85. The van der Waals surface area contributed by atoms with Gasteiger partial charge in [-0.15, -0.1) is 0 Å². The van der Waals surface area contributed by atoms with E-state index in [-0.39, 0.29) is 6.10 Å². The summed E-state index contributed by atoms with van der Waals surface area (Å²) in [6.45, 7) is 1.63. The van der Waals surface area contributed by atoms with E-state index in [1.807, 2.05) is 24.3 Å². The number of aliphatic hydroxyl groups excluding tert-OH is 1. The fraction of sp³-hybridized carbons (Fsp3) is 0.417. The van der Waals surface area contributed by atoms with Crippen LogP contribution in [0.3, 0.4) is 0 Å². The number of hydrogen-bond acceptors (Lipinski definition) is 2. The molecule has 1 aromatic rings. The molecular weight excluding hydrogens is 300 g/mol. The molecule has 0 atom stereocenters. The molecule has 0 bridgehead atoms. The lowest BCUT2D eigenvalue weighted by molar-refractivity contribution is 0.110. The highest BCUT2D eigenvalue weighted by Gasteiger charge is 2.19. The largest absolute Gasteiger partial charge is 0.393 e. The topological polar surface area (TPSA) is 35.5 Å². The molecule has 5 heteroatoms. The molecular formula is C12H15BrN2OS. The molecule has 0 saturated carbocycles. The number of rotatable bonds is 1. The van der Waals surface area contributed by atoms with Gasteiger partial charge in [0.1, 0.15) is 0 Å². The number of likely N-dealkylation sites (tertiary alicyclic amines) is 1. The Bertz CT molecular complexity index is 405. The maximum Gasteiger partial charge on any atom is 0.173 e. The van der Waals surface area contributed by atoms with Crippen molar-refractivity contribution in [1.82, 2.24) is 4.90 Å². The summed E-state index contributed by atoms with van der Waals surface area (Å²) in [5.41, 5.74) is 0.976. The van der Waals surface area contributed by atoms with Crippen molar-refractivity contribution in [2.75, 3.05) is 18.4 Å². The third-order valence-corrected chi connectivity index (χ3v) is 3.92. The Balaban J connectivity index is 1.95. The Hall–Kier alpha value is -0.650. The van der Waals surface area contributed by atoms with Gasteiger partial charge in [-0.05, 0) is 53.1 Å². The SMILES string of the molecule is OC1CCN(C(=S)Nc2ccccc2Br)CC1. The molecule has 1 aromatic carbocycles. The second-order valence-corrected chi connectivity index (χ2v) is 5.37. The van der Waals surface area contributed by atoms with Gasteiger partial charge < -0.3 is 15.3 Å². The van der Waals surface area contributed by atoms with E-state index in [0.29, 0.717) is 0 Å². The van der Waals surface area contributed by atoms with E-state index in [2.05, 4.69) is 26.1 Å². The number of benzene rings is 1. The molecule has 0 unspecified atom stereocenters. The van der Waals surface area contributed by atoms with Gasteiger partial charge in [-0.3, -0.25) is 0 Å². The number of anilines is 1. The summed E-state index contributed by atoms with van der Waals surface area (Å²) >= 11 is 8.84. The van der Waals surface area contributed by atoms with Crippen LogP contribution in [0, 0.1) is 0 Å². The summed E-state index contributed by atoms with van der Waals surface area (Å²) < 4.78 is 0.999. The van der Waals surface area contributed by atoms with Crippen molar-refractivity contribution in [2.45, 2.75) is 18.9 Å². The van der Waals surface area contributed by atoms with Gasteiger partial charge in [0.15, 0.2) is 5.11 Å². The highest BCUT2D eigenvalue weighted by Crippen LogP contribution is 2.22. The predicted molar refractivity (Wildman–Crippen MR) is 77.2 cm³/mol. The third-order valence-electron chi connectivity index (χ3n) is 2.87. The second-order valence-electron chi connectivity index (χ2n) is 4.13. The molecule has 1 heterocycles. The molecule has 2 N–H and O–H groups in total. The number of aliphatic hydroxyl groups is 1. The van der Waals surface area contributed by atoms with Crippen molar-refractivity contribution >= 4 is 38.9 Å². The maximum atomic E-state index is 9.44. The highest BCUT2D eigenvalue weighted by molar-refractivity contribution is 9.10. The van der Waals surface area contributed by atoms with E-state index in [1.165, 1.54) is 0 Å². The molecule has 2 rings (SSSR count). The van der Waals surface area contributed by atoms with E-state index >= 15 is 0 Å². The Morgan fingerprint density at radius 1 is 1.35 bits per heavy atom. The zero-order valence-electron chi connectivity index (χ0n) is 9.40. The van der Waals surface area contributed by atoms with Crippen LogP contribution in [0.15, 0.2) is 28.7 Å². The molecule has 1 fully saturated rings. The first-order valence-electron chi connectivity index (χ1n) is 5.65. The highest BCUT2D eigenvalue weighted by atomic mass is 79.9. The minimum atomic E-state index is -0.169. The molecule has 1 aliphatic rings. The zero-order chi connectivity index (χ0) is 12.3. The standard InChI is InChI=1S/C12H15BrN2OS/c13-10-3-1-2-4-11(10)14-12(17)15-7-5-9(16)6-8-15/h1-4,9,16H,5-8H2,(H,14,17). The molecule has 3 nitrogen and oxygen atoms in total. The van der Waals surface area contributed by atoms with Crippen LogP contribution in [0.2, 0.25) is 0 Å². The van der Waals surface area contributed by atoms with E-state index in [1.54, 1.807) is 0 Å². The zero-order valence-corrected chi connectivity index (χ0v) is 11.8. The number of nitrogens with zero attached hydrogens (tertiary/aromatic N) is 1. The van der Waals surface area contributed by atoms with Crippen LogP contribution < -0.4 is 5.32 Å². The van der Waals surface area contributed by atoms with Crippen molar-refractivity contribution in [2.24, 2.45) is 0 Å². The number of hydrogen-bond donors (Lipinski definition) is 2. The van der Waals surface area contributed by atoms with Gasteiger partial charge >= 0.3 is 0 Å². The summed E-state index contributed by atoms with van der Waals surface area (Å²) in [7, 11) is 0. The lowest BCUT2D eigenvalue weighted by Crippen LogP contribution is -2.42. The Morgan fingerprint density at radius 3 is 2.65 bits per heavy atom. The average molecular weight is 315 g/mol. The van der Waals surface area contributed by atoms with E-state index in [0.717, 1.165) is 41.2 Å². The Labute approximate surface area is 115 Å². The van der Waals surface area contributed by atoms with Gasteiger partial charge in [0, 0.05) is 17.6 Å². The third kappa shape index (κ3) is 3.40. The number of thiocarbonyl (C=S) groups is 1. The molecule has 0 radical (unpaired) electrons. The number of halogens is 1. The molecule has 0 aromatic heterocycles. The van der Waals surface area contributed by atoms with Gasteiger partial charge in [0.05, 0.1) is 11.8 Å². The van der Waals surface area contributed by atoms with Crippen LogP contribution in [0.25, 0.3) is 0 Å². The summed E-state index contributed by atoms with van der Waals surface area (Å²) in [4.78, 5) is 2.10. The van der Waals surface area contributed by atoms with Gasteiger partial charge in [0.25, 0.3) is 0 Å². The van der Waals surface area contributed by atoms with Crippen LogP contribution in [-0.4, -0.2) is 34.3 Å².